The standard InChI is InChI=1S/C14H19F2NO/c1-10(13-8-12(15)2-3-14(13)16)17-6-4-11(9-18)5-7-17/h2-3,8,10-11,18H,4-7,9H2,1H3. The van der Waals surface area contributed by atoms with Crippen molar-refractivity contribution in [3.63, 3.8) is 0 Å². The summed E-state index contributed by atoms with van der Waals surface area (Å²) in [4.78, 5) is 2.14. The van der Waals surface area contributed by atoms with Gasteiger partial charge >= 0.3 is 0 Å². The van der Waals surface area contributed by atoms with Gasteiger partial charge in [-0.15, -0.1) is 0 Å². The van der Waals surface area contributed by atoms with Crippen LogP contribution in [0, 0.1) is 17.6 Å². The van der Waals surface area contributed by atoms with Crippen molar-refractivity contribution in [1.29, 1.82) is 0 Å². The smallest absolute Gasteiger partial charge is 0.128 e. The maximum Gasteiger partial charge on any atom is 0.128 e. The summed E-state index contributed by atoms with van der Waals surface area (Å²) >= 11 is 0. The number of hydrogen-bond acceptors (Lipinski definition) is 2. The Balaban J connectivity index is 2.07. The van der Waals surface area contributed by atoms with Gasteiger partial charge in [-0.2, -0.15) is 0 Å². The normalized spacial score (nSPS) is 20.0. The molecule has 4 heteroatoms. The monoisotopic (exact) mass is 255 g/mol. The van der Waals surface area contributed by atoms with E-state index in [2.05, 4.69) is 4.90 Å². The fourth-order valence-corrected chi connectivity index (χ4v) is 2.55. The van der Waals surface area contributed by atoms with Crippen molar-refractivity contribution >= 4 is 0 Å². The Kier molecular flexibility index (Phi) is 4.30. The van der Waals surface area contributed by atoms with E-state index in [0.717, 1.165) is 32.0 Å². The molecule has 0 aliphatic carbocycles. The molecular weight excluding hydrogens is 236 g/mol. The summed E-state index contributed by atoms with van der Waals surface area (Å²) in [7, 11) is 0. The minimum absolute atomic E-state index is 0.125. The lowest BCUT2D eigenvalue weighted by Gasteiger charge is -2.35. The van der Waals surface area contributed by atoms with Crippen LogP contribution in [0.15, 0.2) is 18.2 Å². The minimum Gasteiger partial charge on any atom is -0.396 e. The van der Waals surface area contributed by atoms with Crippen LogP contribution in [0.2, 0.25) is 0 Å². The lowest BCUT2D eigenvalue weighted by atomic mass is 9.95. The number of piperidine rings is 1. The molecule has 0 amide bonds. The average Bonchev–Trinajstić information content (AvgIpc) is 2.41. The number of rotatable bonds is 3. The molecule has 18 heavy (non-hydrogen) atoms. The predicted octanol–water partition coefficient (Wildman–Crippen LogP) is 2.73. The Labute approximate surface area is 106 Å². The summed E-state index contributed by atoms with van der Waals surface area (Å²) < 4.78 is 26.9. The zero-order chi connectivity index (χ0) is 13.1. The first-order valence-corrected chi connectivity index (χ1v) is 6.41. The van der Waals surface area contributed by atoms with Crippen LogP contribution in [0.25, 0.3) is 0 Å². The molecule has 2 rings (SSSR count). The van der Waals surface area contributed by atoms with Crippen LogP contribution in [0.1, 0.15) is 31.4 Å². The molecule has 0 spiro atoms. The van der Waals surface area contributed by atoms with Gasteiger partial charge in [-0.05, 0) is 57.0 Å². The molecule has 1 heterocycles. The second-order valence-electron chi connectivity index (χ2n) is 5.00. The van der Waals surface area contributed by atoms with Crippen LogP contribution in [0.5, 0.6) is 0 Å². The molecule has 2 nitrogen and oxygen atoms in total. The fourth-order valence-electron chi connectivity index (χ4n) is 2.55. The van der Waals surface area contributed by atoms with Gasteiger partial charge in [0.15, 0.2) is 0 Å². The highest BCUT2D eigenvalue weighted by Crippen LogP contribution is 2.28. The molecule has 1 fully saturated rings. The number of aliphatic hydroxyl groups excluding tert-OH is 1. The van der Waals surface area contributed by atoms with Crippen LogP contribution in [0.4, 0.5) is 8.78 Å². The van der Waals surface area contributed by atoms with E-state index in [9.17, 15) is 8.78 Å². The molecule has 1 atom stereocenters. The van der Waals surface area contributed by atoms with Crippen molar-refractivity contribution in [2.45, 2.75) is 25.8 Å². The van der Waals surface area contributed by atoms with Crippen LogP contribution in [-0.4, -0.2) is 29.7 Å². The van der Waals surface area contributed by atoms with Crippen LogP contribution < -0.4 is 0 Å². The minimum atomic E-state index is -0.400. The lowest BCUT2D eigenvalue weighted by molar-refractivity contribution is 0.104. The molecule has 1 aromatic carbocycles. The first-order chi connectivity index (χ1) is 8.61. The van der Waals surface area contributed by atoms with Crippen molar-refractivity contribution in [3.05, 3.63) is 35.4 Å². The van der Waals surface area contributed by atoms with Crippen molar-refractivity contribution in [1.82, 2.24) is 4.90 Å². The van der Waals surface area contributed by atoms with Gasteiger partial charge in [0.2, 0.25) is 0 Å². The molecule has 1 unspecified atom stereocenters. The Morgan fingerprint density at radius 1 is 1.33 bits per heavy atom. The van der Waals surface area contributed by atoms with Crippen molar-refractivity contribution in [2.24, 2.45) is 5.92 Å². The van der Waals surface area contributed by atoms with Gasteiger partial charge in [-0.25, -0.2) is 8.78 Å². The van der Waals surface area contributed by atoms with Crippen LogP contribution in [-0.2, 0) is 0 Å². The number of nitrogens with zero attached hydrogens (tertiary/aromatic N) is 1. The second kappa shape index (κ2) is 5.76. The molecule has 100 valence electrons. The molecule has 1 aliphatic rings. The van der Waals surface area contributed by atoms with E-state index in [1.165, 1.54) is 12.1 Å². The fraction of sp³-hybridized carbons (Fsp3) is 0.571. The van der Waals surface area contributed by atoms with E-state index in [-0.39, 0.29) is 18.5 Å². The topological polar surface area (TPSA) is 23.5 Å². The Morgan fingerprint density at radius 3 is 2.61 bits per heavy atom. The number of likely N-dealkylation sites (tertiary alicyclic amines) is 1. The Bertz CT molecular complexity index is 403. The van der Waals surface area contributed by atoms with Crippen molar-refractivity contribution < 1.29 is 13.9 Å². The molecule has 0 saturated carbocycles. The highest BCUT2D eigenvalue weighted by atomic mass is 19.1. The van der Waals surface area contributed by atoms with Gasteiger partial charge in [0.05, 0.1) is 0 Å². The predicted molar refractivity (Wildman–Crippen MR) is 66.2 cm³/mol. The number of hydrogen-bond donors (Lipinski definition) is 1. The maximum atomic E-state index is 13.7. The summed E-state index contributed by atoms with van der Waals surface area (Å²) in [5, 5.41) is 9.09. The largest absolute Gasteiger partial charge is 0.396 e. The molecule has 1 saturated heterocycles. The third kappa shape index (κ3) is 2.87. The number of benzene rings is 1. The molecule has 0 bridgehead atoms. The third-order valence-corrected chi connectivity index (χ3v) is 3.86. The molecule has 0 aromatic heterocycles. The molecule has 1 aromatic rings. The summed E-state index contributed by atoms with van der Waals surface area (Å²) in [5.74, 6) is -0.400. The van der Waals surface area contributed by atoms with Gasteiger partial charge in [0.1, 0.15) is 11.6 Å². The maximum absolute atomic E-state index is 13.7. The molecule has 1 aliphatic heterocycles. The van der Waals surface area contributed by atoms with E-state index in [1.807, 2.05) is 6.92 Å². The van der Waals surface area contributed by atoms with Gasteiger partial charge in [0, 0.05) is 18.2 Å². The summed E-state index contributed by atoms with van der Waals surface area (Å²) in [6.07, 6.45) is 1.83. The first-order valence-electron chi connectivity index (χ1n) is 6.41. The van der Waals surface area contributed by atoms with E-state index in [1.54, 1.807) is 0 Å². The van der Waals surface area contributed by atoms with Gasteiger partial charge in [-0.1, -0.05) is 0 Å². The van der Waals surface area contributed by atoms with Gasteiger partial charge in [-0.3, -0.25) is 4.90 Å². The Hall–Kier alpha value is -1.00. The number of aliphatic hydroxyl groups is 1. The third-order valence-electron chi connectivity index (χ3n) is 3.86. The van der Waals surface area contributed by atoms with E-state index in [0.29, 0.717) is 11.5 Å². The van der Waals surface area contributed by atoms with Gasteiger partial charge in [0.25, 0.3) is 0 Å². The quantitative estimate of drug-likeness (QED) is 0.897. The van der Waals surface area contributed by atoms with E-state index >= 15 is 0 Å². The molecular formula is C14H19F2NO. The summed E-state index contributed by atoms with van der Waals surface area (Å²) in [6, 6.07) is 3.48. The summed E-state index contributed by atoms with van der Waals surface area (Å²) in [6.45, 7) is 3.76. The highest BCUT2D eigenvalue weighted by molar-refractivity contribution is 5.22. The zero-order valence-electron chi connectivity index (χ0n) is 10.6. The Morgan fingerprint density at radius 2 is 2.00 bits per heavy atom. The van der Waals surface area contributed by atoms with Crippen molar-refractivity contribution in [3.8, 4) is 0 Å². The number of halogens is 2. The molecule has 0 radical (unpaired) electrons. The zero-order valence-corrected chi connectivity index (χ0v) is 10.6. The average molecular weight is 255 g/mol. The van der Waals surface area contributed by atoms with E-state index < -0.39 is 5.82 Å². The summed E-state index contributed by atoms with van der Waals surface area (Å²) in [5.41, 5.74) is 0.414. The SMILES string of the molecule is CC(c1cc(F)ccc1F)N1CCC(CO)CC1. The highest BCUT2D eigenvalue weighted by Gasteiger charge is 2.24. The first kappa shape index (κ1) is 13.4. The van der Waals surface area contributed by atoms with Gasteiger partial charge < -0.3 is 5.11 Å². The lowest BCUT2D eigenvalue weighted by Crippen LogP contribution is -2.36. The second-order valence-corrected chi connectivity index (χ2v) is 5.00. The van der Waals surface area contributed by atoms with Crippen LogP contribution in [0.3, 0.4) is 0 Å². The van der Waals surface area contributed by atoms with Crippen molar-refractivity contribution in [2.75, 3.05) is 19.7 Å². The van der Waals surface area contributed by atoms with E-state index in [4.69, 9.17) is 5.11 Å². The molecule has 1 N–H and O–H groups in total. The van der Waals surface area contributed by atoms with Crippen LogP contribution >= 0.6 is 0 Å².